The second kappa shape index (κ2) is 6.81. The number of benzene rings is 1. The minimum atomic E-state index is 0.222. The number of rotatable bonds is 4. The molecule has 0 spiro atoms. The van der Waals surface area contributed by atoms with Crippen LogP contribution in [-0.2, 0) is 0 Å². The van der Waals surface area contributed by atoms with Crippen LogP contribution >= 0.6 is 0 Å². The number of Topliss-reactive ketones (excluding diaryl/α,β-unsaturated/α-hetero) is 1. The van der Waals surface area contributed by atoms with E-state index in [9.17, 15) is 4.79 Å². The third-order valence-corrected chi connectivity index (χ3v) is 5.13. The van der Waals surface area contributed by atoms with Crippen LogP contribution in [0.25, 0.3) is 5.69 Å². The molecule has 2 N–H and O–H groups in total. The van der Waals surface area contributed by atoms with E-state index < -0.39 is 0 Å². The molecule has 3 rings (SSSR count). The van der Waals surface area contributed by atoms with Gasteiger partial charge in [-0.3, -0.25) is 9.69 Å². The van der Waals surface area contributed by atoms with E-state index in [1.165, 1.54) is 12.8 Å². The van der Waals surface area contributed by atoms with E-state index in [1.807, 2.05) is 44.2 Å². The molecule has 1 aromatic heterocycles. The lowest BCUT2D eigenvalue weighted by Gasteiger charge is -2.29. The molecule has 4 heteroatoms. The standard InChI is InChI=1S/C20H27N3O/c1-14-8-10-22(11-9-14)13-20(24)19-12-15(2)23(16(19)3)18-6-4-17(21)5-7-18/h4-7,12,14H,8-11,13,21H2,1-3H3. The van der Waals surface area contributed by atoms with Crippen LogP contribution in [0.1, 0.15) is 41.5 Å². The van der Waals surface area contributed by atoms with Gasteiger partial charge in [-0.15, -0.1) is 0 Å². The molecule has 1 fully saturated rings. The van der Waals surface area contributed by atoms with Crippen molar-refractivity contribution in [1.29, 1.82) is 0 Å². The van der Waals surface area contributed by atoms with Crippen LogP contribution in [0.15, 0.2) is 30.3 Å². The number of carbonyl (C=O) groups excluding carboxylic acids is 1. The molecule has 0 amide bonds. The van der Waals surface area contributed by atoms with Gasteiger partial charge in [0.25, 0.3) is 0 Å². The molecule has 0 radical (unpaired) electrons. The molecule has 0 unspecified atom stereocenters. The summed E-state index contributed by atoms with van der Waals surface area (Å²) >= 11 is 0. The van der Waals surface area contributed by atoms with Crippen LogP contribution in [0.2, 0.25) is 0 Å². The largest absolute Gasteiger partial charge is 0.399 e. The molecule has 0 aliphatic carbocycles. The van der Waals surface area contributed by atoms with E-state index in [4.69, 9.17) is 5.73 Å². The van der Waals surface area contributed by atoms with Gasteiger partial charge in [-0.05, 0) is 76.0 Å². The SMILES string of the molecule is Cc1cc(C(=O)CN2CCC(C)CC2)c(C)n1-c1ccc(N)cc1. The number of nitrogen functional groups attached to an aromatic ring is 1. The molecule has 24 heavy (non-hydrogen) atoms. The predicted molar refractivity (Wildman–Crippen MR) is 98.8 cm³/mol. The Morgan fingerprint density at radius 3 is 2.42 bits per heavy atom. The summed E-state index contributed by atoms with van der Waals surface area (Å²) in [6.45, 7) is 8.95. The van der Waals surface area contributed by atoms with Gasteiger partial charge >= 0.3 is 0 Å². The maximum Gasteiger partial charge on any atom is 0.178 e. The highest BCUT2D eigenvalue weighted by Gasteiger charge is 2.21. The maximum atomic E-state index is 12.8. The Morgan fingerprint density at radius 1 is 1.17 bits per heavy atom. The minimum absolute atomic E-state index is 0.222. The van der Waals surface area contributed by atoms with Crippen molar-refractivity contribution < 1.29 is 4.79 Å². The van der Waals surface area contributed by atoms with Crippen LogP contribution in [0.3, 0.4) is 0 Å². The summed E-state index contributed by atoms with van der Waals surface area (Å²) in [7, 11) is 0. The van der Waals surface area contributed by atoms with Crippen molar-refractivity contribution in [2.24, 2.45) is 5.92 Å². The molecule has 128 valence electrons. The first-order valence-electron chi connectivity index (χ1n) is 8.76. The van der Waals surface area contributed by atoms with Crippen molar-refractivity contribution in [2.45, 2.75) is 33.6 Å². The van der Waals surface area contributed by atoms with Crippen molar-refractivity contribution >= 4 is 11.5 Å². The smallest absolute Gasteiger partial charge is 0.178 e. The Bertz CT molecular complexity index is 722. The summed E-state index contributed by atoms with van der Waals surface area (Å²) in [6.07, 6.45) is 2.38. The first kappa shape index (κ1) is 16.8. The fourth-order valence-corrected chi connectivity index (χ4v) is 3.57. The van der Waals surface area contributed by atoms with E-state index in [0.29, 0.717) is 6.54 Å². The number of aromatic nitrogens is 1. The number of likely N-dealkylation sites (tertiary alicyclic amines) is 1. The quantitative estimate of drug-likeness (QED) is 0.690. The van der Waals surface area contributed by atoms with Gasteiger partial charge in [0.15, 0.2) is 5.78 Å². The molecule has 1 aliphatic heterocycles. The number of nitrogens with zero attached hydrogens (tertiary/aromatic N) is 2. The molecule has 4 nitrogen and oxygen atoms in total. The van der Waals surface area contributed by atoms with Crippen molar-refractivity contribution in [1.82, 2.24) is 9.47 Å². The van der Waals surface area contributed by atoms with Gasteiger partial charge in [0, 0.05) is 28.3 Å². The van der Waals surface area contributed by atoms with Crippen molar-refractivity contribution in [3.63, 3.8) is 0 Å². The topological polar surface area (TPSA) is 51.3 Å². The lowest BCUT2D eigenvalue weighted by atomic mass is 9.99. The summed E-state index contributed by atoms with van der Waals surface area (Å²) in [5.74, 6) is 1.01. The Kier molecular flexibility index (Phi) is 4.76. The minimum Gasteiger partial charge on any atom is -0.399 e. The Hall–Kier alpha value is -2.07. The van der Waals surface area contributed by atoms with Gasteiger partial charge in [0.05, 0.1) is 6.54 Å². The Morgan fingerprint density at radius 2 is 1.79 bits per heavy atom. The molecule has 0 bridgehead atoms. The summed E-state index contributed by atoms with van der Waals surface area (Å²) < 4.78 is 2.13. The van der Waals surface area contributed by atoms with Crippen LogP contribution in [0.5, 0.6) is 0 Å². The summed E-state index contributed by atoms with van der Waals surface area (Å²) in [6, 6.07) is 9.79. The van der Waals surface area contributed by atoms with Gasteiger partial charge in [-0.2, -0.15) is 0 Å². The molecular formula is C20H27N3O. The zero-order valence-electron chi connectivity index (χ0n) is 14.9. The average molecular weight is 325 g/mol. The molecule has 1 aromatic carbocycles. The van der Waals surface area contributed by atoms with Crippen LogP contribution in [0.4, 0.5) is 5.69 Å². The highest BCUT2D eigenvalue weighted by molar-refractivity contribution is 5.99. The third kappa shape index (κ3) is 3.39. The zero-order valence-corrected chi connectivity index (χ0v) is 14.9. The van der Waals surface area contributed by atoms with Crippen LogP contribution in [0, 0.1) is 19.8 Å². The average Bonchev–Trinajstić information content (AvgIpc) is 2.85. The highest BCUT2D eigenvalue weighted by Crippen LogP contribution is 2.23. The molecule has 2 heterocycles. The number of carbonyl (C=O) groups is 1. The monoisotopic (exact) mass is 325 g/mol. The number of hydrogen-bond donors (Lipinski definition) is 1. The number of piperidine rings is 1. The second-order valence-corrected chi connectivity index (χ2v) is 7.09. The Labute approximate surface area is 144 Å². The maximum absolute atomic E-state index is 12.8. The lowest BCUT2D eigenvalue weighted by Crippen LogP contribution is -2.36. The number of aryl methyl sites for hydroxylation is 1. The zero-order chi connectivity index (χ0) is 17.3. The van der Waals surface area contributed by atoms with E-state index >= 15 is 0 Å². The fraction of sp³-hybridized carbons (Fsp3) is 0.450. The predicted octanol–water partition coefficient (Wildman–Crippen LogP) is 3.59. The van der Waals surface area contributed by atoms with Crippen molar-refractivity contribution in [3.8, 4) is 5.69 Å². The second-order valence-electron chi connectivity index (χ2n) is 7.09. The van der Waals surface area contributed by atoms with E-state index in [0.717, 1.165) is 47.3 Å². The van der Waals surface area contributed by atoms with Crippen molar-refractivity contribution in [3.05, 3.63) is 47.3 Å². The van der Waals surface area contributed by atoms with E-state index in [1.54, 1.807) is 0 Å². The van der Waals surface area contributed by atoms with Gasteiger partial charge in [0.2, 0.25) is 0 Å². The molecule has 0 saturated carbocycles. The number of anilines is 1. The van der Waals surface area contributed by atoms with Gasteiger partial charge in [-0.1, -0.05) is 6.92 Å². The van der Waals surface area contributed by atoms with Crippen LogP contribution in [-0.4, -0.2) is 34.9 Å². The van der Waals surface area contributed by atoms with Gasteiger partial charge in [0.1, 0.15) is 0 Å². The van der Waals surface area contributed by atoms with Crippen LogP contribution < -0.4 is 5.73 Å². The first-order chi connectivity index (χ1) is 11.5. The molecular weight excluding hydrogens is 298 g/mol. The summed E-state index contributed by atoms with van der Waals surface area (Å²) in [5.41, 5.74) is 10.5. The van der Waals surface area contributed by atoms with Crippen molar-refractivity contribution in [2.75, 3.05) is 25.4 Å². The number of nitrogens with two attached hydrogens (primary N) is 1. The third-order valence-electron chi connectivity index (χ3n) is 5.13. The van der Waals surface area contributed by atoms with E-state index in [2.05, 4.69) is 16.4 Å². The molecule has 0 atom stereocenters. The fourth-order valence-electron chi connectivity index (χ4n) is 3.57. The molecule has 1 aliphatic rings. The Balaban J connectivity index is 1.80. The molecule has 1 saturated heterocycles. The highest BCUT2D eigenvalue weighted by atomic mass is 16.1. The summed E-state index contributed by atoms with van der Waals surface area (Å²) in [5, 5.41) is 0. The number of ketones is 1. The lowest BCUT2D eigenvalue weighted by molar-refractivity contribution is 0.0899. The summed E-state index contributed by atoms with van der Waals surface area (Å²) in [4.78, 5) is 15.1. The van der Waals surface area contributed by atoms with E-state index in [-0.39, 0.29) is 5.78 Å². The van der Waals surface area contributed by atoms with Gasteiger partial charge in [-0.25, -0.2) is 0 Å². The molecule has 2 aromatic rings. The first-order valence-corrected chi connectivity index (χ1v) is 8.76. The number of hydrogen-bond acceptors (Lipinski definition) is 3. The normalized spacial score (nSPS) is 16.5. The van der Waals surface area contributed by atoms with Gasteiger partial charge < -0.3 is 10.3 Å².